The van der Waals surface area contributed by atoms with Crippen molar-refractivity contribution in [1.82, 2.24) is 19.8 Å². The van der Waals surface area contributed by atoms with E-state index in [4.69, 9.17) is 4.98 Å². The lowest BCUT2D eigenvalue weighted by atomic mass is 10.0. The van der Waals surface area contributed by atoms with Crippen LogP contribution in [0.4, 0.5) is 5.82 Å². The lowest BCUT2D eigenvalue weighted by molar-refractivity contribution is 0.802. The van der Waals surface area contributed by atoms with Crippen LogP contribution in [0.25, 0.3) is 27.8 Å². The van der Waals surface area contributed by atoms with E-state index in [1.165, 1.54) is 5.56 Å². The maximum absolute atomic E-state index is 4.95. The number of nitrogens with one attached hydrogen (secondary N) is 1. The average Bonchev–Trinajstić information content (AvgIpc) is 3.22. The molecule has 0 bridgehead atoms. The van der Waals surface area contributed by atoms with Gasteiger partial charge in [-0.15, -0.1) is 5.10 Å². The molecular weight excluding hydrogens is 438 g/mol. The number of hydrogen-bond donors (Lipinski definition) is 1. The summed E-state index contributed by atoms with van der Waals surface area (Å²) < 4.78 is 2.81. The van der Waals surface area contributed by atoms with Crippen LogP contribution in [0.15, 0.2) is 83.3 Å². The van der Waals surface area contributed by atoms with Gasteiger partial charge in [0.15, 0.2) is 5.65 Å². The Hall–Kier alpha value is -3.25. The highest BCUT2D eigenvalue weighted by Crippen LogP contribution is 2.29. The largest absolute Gasteiger partial charge is 0.369 e. The highest BCUT2D eigenvalue weighted by molar-refractivity contribution is 9.10. The van der Waals surface area contributed by atoms with Crippen molar-refractivity contribution in [2.75, 3.05) is 11.9 Å². The molecule has 0 saturated heterocycles. The van der Waals surface area contributed by atoms with Crippen LogP contribution < -0.4 is 5.32 Å². The quantitative estimate of drug-likeness (QED) is 0.355. The molecule has 148 valence electrons. The molecule has 0 fully saturated rings. The summed E-state index contributed by atoms with van der Waals surface area (Å²) in [5.74, 6) is 1.20. The van der Waals surface area contributed by atoms with Crippen LogP contribution in [-0.4, -0.2) is 26.4 Å². The van der Waals surface area contributed by atoms with Gasteiger partial charge in [0.2, 0.25) is 0 Å². The van der Waals surface area contributed by atoms with Crippen molar-refractivity contribution in [2.24, 2.45) is 0 Å². The number of fused-ring (bicyclic) bond motifs is 3. The molecule has 0 aliphatic rings. The van der Waals surface area contributed by atoms with Crippen LogP contribution in [0, 0.1) is 0 Å². The predicted molar refractivity (Wildman–Crippen MR) is 125 cm³/mol. The zero-order chi connectivity index (χ0) is 20.5. The summed E-state index contributed by atoms with van der Waals surface area (Å²) in [6.45, 7) is 3.00. The van der Waals surface area contributed by atoms with E-state index in [1.54, 1.807) is 0 Å². The molecule has 1 unspecified atom stereocenters. The summed E-state index contributed by atoms with van der Waals surface area (Å²) in [6, 6.07) is 26.7. The van der Waals surface area contributed by atoms with Gasteiger partial charge in [0.05, 0.1) is 5.52 Å². The van der Waals surface area contributed by atoms with Crippen molar-refractivity contribution in [1.29, 1.82) is 0 Å². The van der Waals surface area contributed by atoms with E-state index in [0.717, 1.165) is 44.6 Å². The molecule has 3 aromatic carbocycles. The number of benzene rings is 3. The minimum absolute atomic E-state index is 0.357. The maximum Gasteiger partial charge on any atom is 0.186 e. The first kappa shape index (κ1) is 18.8. The summed E-state index contributed by atoms with van der Waals surface area (Å²) in [7, 11) is 0. The van der Waals surface area contributed by atoms with Crippen molar-refractivity contribution < 1.29 is 0 Å². The molecule has 0 amide bonds. The first-order valence-corrected chi connectivity index (χ1v) is 10.7. The van der Waals surface area contributed by atoms with E-state index in [9.17, 15) is 0 Å². The molecular formula is C24H20BrN5. The summed E-state index contributed by atoms with van der Waals surface area (Å²) >= 11 is 3.54. The van der Waals surface area contributed by atoms with E-state index in [1.807, 2.05) is 47.0 Å². The number of rotatable bonds is 5. The van der Waals surface area contributed by atoms with E-state index >= 15 is 0 Å². The van der Waals surface area contributed by atoms with Gasteiger partial charge < -0.3 is 5.32 Å². The first-order valence-electron chi connectivity index (χ1n) is 9.89. The number of halogens is 1. The molecule has 6 heteroatoms. The molecule has 5 rings (SSSR count). The fourth-order valence-corrected chi connectivity index (χ4v) is 4.07. The highest BCUT2D eigenvalue weighted by atomic mass is 79.9. The second-order valence-electron chi connectivity index (χ2n) is 7.35. The minimum atomic E-state index is 0.357. The van der Waals surface area contributed by atoms with Crippen LogP contribution in [0.5, 0.6) is 0 Å². The summed E-state index contributed by atoms with van der Waals surface area (Å²) in [6.07, 6.45) is 0. The molecule has 2 aromatic heterocycles. The molecule has 30 heavy (non-hydrogen) atoms. The van der Waals surface area contributed by atoms with Crippen LogP contribution in [0.3, 0.4) is 0 Å². The number of hydrogen-bond acceptors (Lipinski definition) is 4. The van der Waals surface area contributed by atoms with E-state index < -0.39 is 0 Å². The van der Waals surface area contributed by atoms with Crippen molar-refractivity contribution in [2.45, 2.75) is 12.8 Å². The van der Waals surface area contributed by atoms with Crippen LogP contribution >= 0.6 is 15.9 Å². The lowest BCUT2D eigenvalue weighted by Crippen LogP contribution is -2.12. The first-order chi connectivity index (χ1) is 14.7. The molecule has 1 atom stereocenters. The molecule has 0 saturated carbocycles. The van der Waals surface area contributed by atoms with E-state index in [0.29, 0.717) is 5.92 Å². The van der Waals surface area contributed by atoms with Crippen LogP contribution in [0.2, 0.25) is 0 Å². The minimum Gasteiger partial charge on any atom is -0.369 e. The van der Waals surface area contributed by atoms with Crippen LogP contribution in [-0.2, 0) is 0 Å². The summed E-state index contributed by atoms with van der Waals surface area (Å²) in [4.78, 5) is 4.95. The SMILES string of the molecule is CC(CNc1nc2c(-c3cccc(Br)c3)nnn2c2ccccc12)c1ccccc1. The molecule has 1 N–H and O–H groups in total. The summed E-state index contributed by atoms with van der Waals surface area (Å²) in [5.41, 5.74) is 4.76. The van der Waals surface area contributed by atoms with E-state index in [2.05, 4.69) is 74.9 Å². The zero-order valence-electron chi connectivity index (χ0n) is 16.5. The van der Waals surface area contributed by atoms with Crippen molar-refractivity contribution >= 4 is 38.3 Å². The van der Waals surface area contributed by atoms with Gasteiger partial charge in [-0.2, -0.15) is 4.52 Å². The Labute approximate surface area is 182 Å². The second kappa shape index (κ2) is 7.88. The summed E-state index contributed by atoms with van der Waals surface area (Å²) in [5, 5.41) is 13.4. The molecule has 2 heterocycles. The normalized spacial score (nSPS) is 12.3. The van der Waals surface area contributed by atoms with Crippen LogP contribution in [0.1, 0.15) is 18.4 Å². The predicted octanol–water partition coefficient (Wildman–Crippen LogP) is 5.92. The number of aromatic nitrogens is 4. The molecule has 0 aliphatic carbocycles. The fraction of sp³-hybridized carbons (Fsp3) is 0.125. The van der Waals surface area contributed by atoms with Gasteiger partial charge in [0, 0.05) is 22.0 Å². The number of nitrogens with zero attached hydrogens (tertiary/aromatic N) is 4. The third-order valence-electron chi connectivity index (χ3n) is 5.29. The Morgan fingerprint density at radius 3 is 2.60 bits per heavy atom. The highest BCUT2D eigenvalue weighted by Gasteiger charge is 2.16. The average molecular weight is 458 g/mol. The topological polar surface area (TPSA) is 55.1 Å². The fourth-order valence-electron chi connectivity index (χ4n) is 3.67. The van der Waals surface area contributed by atoms with Gasteiger partial charge in [0.1, 0.15) is 11.5 Å². The van der Waals surface area contributed by atoms with Gasteiger partial charge in [0.25, 0.3) is 0 Å². The number of anilines is 1. The maximum atomic E-state index is 4.95. The Kier molecular flexibility index (Phi) is 4.93. The van der Waals surface area contributed by atoms with Gasteiger partial charge in [-0.3, -0.25) is 0 Å². The molecule has 0 aliphatic heterocycles. The third kappa shape index (κ3) is 3.44. The molecule has 0 spiro atoms. The van der Waals surface area contributed by atoms with Gasteiger partial charge in [-0.1, -0.05) is 82.7 Å². The van der Waals surface area contributed by atoms with Gasteiger partial charge in [-0.25, -0.2) is 4.98 Å². The van der Waals surface area contributed by atoms with Crippen molar-refractivity contribution in [3.63, 3.8) is 0 Å². The van der Waals surface area contributed by atoms with E-state index in [-0.39, 0.29) is 0 Å². The smallest absolute Gasteiger partial charge is 0.186 e. The molecule has 5 aromatic rings. The lowest BCUT2D eigenvalue weighted by Gasteiger charge is -2.15. The third-order valence-corrected chi connectivity index (χ3v) is 5.79. The Bertz CT molecular complexity index is 1330. The molecule has 5 nitrogen and oxygen atoms in total. The Morgan fingerprint density at radius 1 is 0.967 bits per heavy atom. The van der Waals surface area contributed by atoms with Crippen molar-refractivity contribution in [3.8, 4) is 11.3 Å². The monoisotopic (exact) mass is 457 g/mol. The Morgan fingerprint density at radius 2 is 1.77 bits per heavy atom. The van der Waals surface area contributed by atoms with Crippen molar-refractivity contribution in [3.05, 3.63) is 88.9 Å². The second-order valence-corrected chi connectivity index (χ2v) is 8.27. The molecule has 0 radical (unpaired) electrons. The standard InChI is InChI=1S/C24H20BrN5/c1-16(17-8-3-2-4-9-17)15-26-23-20-12-5-6-13-21(20)30-24(27-23)22(28-29-30)18-10-7-11-19(25)14-18/h2-14,16H,15H2,1H3,(H,26,27). The van der Waals surface area contributed by atoms with Gasteiger partial charge >= 0.3 is 0 Å². The number of para-hydroxylation sites is 1. The Balaban J connectivity index is 1.59. The zero-order valence-corrected chi connectivity index (χ0v) is 18.0. The van der Waals surface area contributed by atoms with Gasteiger partial charge in [-0.05, 0) is 35.7 Å².